The molecule has 2 fully saturated rings. The van der Waals surface area contributed by atoms with Crippen LogP contribution in [0.1, 0.15) is 65.2 Å². The number of thioether (sulfide) groups is 1. The number of hydrogen-bond donors (Lipinski definition) is 2. The van der Waals surface area contributed by atoms with Crippen LogP contribution in [0.15, 0.2) is 36.0 Å². The average molecular weight is 450 g/mol. The third-order valence-corrected chi connectivity index (χ3v) is 7.22. The van der Waals surface area contributed by atoms with Gasteiger partial charge in [0.2, 0.25) is 0 Å². The van der Waals surface area contributed by atoms with Crippen LogP contribution in [0.5, 0.6) is 0 Å². The zero-order valence-electron chi connectivity index (χ0n) is 18.5. The number of aliphatic hydroxyl groups is 1. The minimum atomic E-state index is -1.53. The van der Waals surface area contributed by atoms with Gasteiger partial charge in [0.25, 0.3) is 5.24 Å². The molecular weight excluding hydrogens is 414 g/mol. The fraction of sp³-hybridized carbons (Fsp3) is 0.667. The molecule has 0 aromatic rings. The molecule has 0 unspecified atom stereocenters. The van der Waals surface area contributed by atoms with E-state index in [0.29, 0.717) is 18.1 Å². The number of nitrogens with one attached hydrogen (secondary N) is 1. The van der Waals surface area contributed by atoms with Gasteiger partial charge in [0.15, 0.2) is 5.79 Å². The van der Waals surface area contributed by atoms with Gasteiger partial charge in [-0.05, 0) is 44.4 Å². The molecule has 7 heteroatoms. The van der Waals surface area contributed by atoms with Gasteiger partial charge in [0, 0.05) is 24.7 Å². The summed E-state index contributed by atoms with van der Waals surface area (Å²) < 4.78 is 11.9. The highest BCUT2D eigenvalue weighted by atomic mass is 32.2. The molecule has 2 saturated heterocycles. The molecule has 3 rings (SSSR count). The molecule has 6 nitrogen and oxygen atoms in total. The van der Waals surface area contributed by atoms with Crippen LogP contribution >= 0.6 is 11.8 Å². The van der Waals surface area contributed by atoms with Crippen molar-refractivity contribution in [2.24, 2.45) is 5.92 Å². The van der Waals surface area contributed by atoms with E-state index in [9.17, 15) is 14.7 Å². The fourth-order valence-electron chi connectivity index (χ4n) is 4.42. The zero-order chi connectivity index (χ0) is 22.3. The Hall–Kier alpha value is -1.57. The molecule has 0 saturated carbocycles. The predicted octanol–water partition coefficient (Wildman–Crippen LogP) is 4.64. The van der Waals surface area contributed by atoms with E-state index in [1.165, 1.54) is 0 Å². The summed E-state index contributed by atoms with van der Waals surface area (Å²) in [5.41, 5.74) is 1.05. The molecule has 0 aliphatic carbocycles. The predicted molar refractivity (Wildman–Crippen MR) is 123 cm³/mol. The Balaban J connectivity index is 1.81. The Labute approximate surface area is 189 Å². The lowest BCUT2D eigenvalue weighted by Crippen LogP contribution is -2.58. The summed E-state index contributed by atoms with van der Waals surface area (Å²) in [6, 6.07) is -0.506. The number of esters is 1. The Morgan fingerprint density at radius 1 is 1.23 bits per heavy atom. The molecule has 0 spiro atoms. The van der Waals surface area contributed by atoms with E-state index < -0.39 is 17.9 Å². The third kappa shape index (κ3) is 6.96. The Bertz CT molecular complexity index is 733. The standard InChI is InChI=1S/C24H35NO5S/c1-3-17-9-7-5-6-8-10-18(4-2)13-22(26)29-20-14-19(12-11-17)30-24(28,15-20)21-16-31-23(27)25-21/h5-7,9,13,17,19-21,28H,3-4,8,10-12,14-16H2,1-2H3,(H,25,27)/b6-5-,9-7+,18-13+/t17-,19+,20-,21-,24+/m0/s1. The molecule has 172 valence electrons. The molecule has 5 atom stereocenters. The molecule has 3 aliphatic rings. The maximum Gasteiger partial charge on any atom is 0.330 e. The smallest absolute Gasteiger partial charge is 0.330 e. The van der Waals surface area contributed by atoms with Crippen LogP contribution in [-0.2, 0) is 14.3 Å². The highest BCUT2D eigenvalue weighted by molar-refractivity contribution is 8.14. The lowest BCUT2D eigenvalue weighted by Gasteiger charge is -2.43. The van der Waals surface area contributed by atoms with E-state index in [-0.39, 0.29) is 23.7 Å². The number of carbonyl (C=O) groups excluding carboxylic acids is 2. The number of hydrogen-bond acceptors (Lipinski definition) is 6. The molecule has 1 amide bonds. The van der Waals surface area contributed by atoms with Crippen molar-refractivity contribution >= 4 is 23.0 Å². The minimum Gasteiger partial charge on any atom is -0.459 e. The molecule has 0 radical (unpaired) electrons. The SMILES string of the molecule is CC/C1=C\C(=O)O[C@H]2C[C@@H](CC[C@@H](CC)/C=C/C=C\CC1)O[C@@](O)([C@@H]1CSC(=O)N1)C2. The number of carbonyl (C=O) groups is 2. The van der Waals surface area contributed by atoms with Gasteiger partial charge in [0.05, 0.1) is 12.1 Å². The maximum atomic E-state index is 12.6. The molecule has 3 heterocycles. The van der Waals surface area contributed by atoms with E-state index in [1.54, 1.807) is 6.08 Å². The summed E-state index contributed by atoms with van der Waals surface area (Å²) in [5, 5.41) is 13.9. The van der Waals surface area contributed by atoms with Gasteiger partial charge in [-0.25, -0.2) is 4.79 Å². The fourth-order valence-corrected chi connectivity index (χ4v) is 5.31. The quantitative estimate of drug-likeness (QED) is 0.611. The van der Waals surface area contributed by atoms with E-state index in [2.05, 4.69) is 36.5 Å². The summed E-state index contributed by atoms with van der Waals surface area (Å²) >= 11 is 1.14. The zero-order valence-corrected chi connectivity index (χ0v) is 19.4. The summed E-state index contributed by atoms with van der Waals surface area (Å²) in [6.45, 7) is 4.21. The number of fused-ring (bicyclic) bond motifs is 2. The van der Waals surface area contributed by atoms with Crippen molar-refractivity contribution in [1.82, 2.24) is 5.32 Å². The van der Waals surface area contributed by atoms with E-state index in [4.69, 9.17) is 9.47 Å². The first-order valence-corrected chi connectivity index (χ1v) is 12.5. The van der Waals surface area contributed by atoms with Gasteiger partial charge in [-0.1, -0.05) is 55.5 Å². The van der Waals surface area contributed by atoms with E-state index in [0.717, 1.165) is 55.9 Å². The summed E-state index contributed by atoms with van der Waals surface area (Å²) in [4.78, 5) is 24.3. The van der Waals surface area contributed by atoms with Crippen LogP contribution < -0.4 is 5.32 Å². The number of rotatable bonds is 3. The summed E-state index contributed by atoms with van der Waals surface area (Å²) in [7, 11) is 0. The summed E-state index contributed by atoms with van der Waals surface area (Å²) in [5.74, 6) is -1.03. The van der Waals surface area contributed by atoms with Crippen molar-refractivity contribution in [2.45, 2.75) is 89.3 Å². The van der Waals surface area contributed by atoms with Crippen molar-refractivity contribution in [1.29, 1.82) is 0 Å². The highest BCUT2D eigenvalue weighted by Crippen LogP contribution is 2.37. The maximum absolute atomic E-state index is 12.6. The van der Waals surface area contributed by atoms with Gasteiger partial charge < -0.3 is 19.9 Å². The molecule has 0 aromatic carbocycles. The highest BCUT2D eigenvalue weighted by Gasteiger charge is 2.49. The molecule has 0 aromatic heterocycles. The molecular formula is C24H35NO5S. The van der Waals surface area contributed by atoms with Crippen LogP contribution in [0.25, 0.3) is 0 Å². The first kappa shape index (κ1) is 24.1. The van der Waals surface area contributed by atoms with Crippen molar-refractivity contribution in [3.05, 3.63) is 36.0 Å². The van der Waals surface area contributed by atoms with Crippen LogP contribution in [0.2, 0.25) is 0 Å². The number of amides is 1. The van der Waals surface area contributed by atoms with Gasteiger partial charge in [0.1, 0.15) is 6.10 Å². The van der Waals surface area contributed by atoms with Gasteiger partial charge >= 0.3 is 5.97 Å². The number of allylic oxidation sites excluding steroid dienone is 5. The van der Waals surface area contributed by atoms with Crippen molar-refractivity contribution < 1.29 is 24.2 Å². The van der Waals surface area contributed by atoms with Gasteiger partial charge in [-0.3, -0.25) is 4.79 Å². The van der Waals surface area contributed by atoms with Gasteiger partial charge in [-0.15, -0.1) is 0 Å². The first-order valence-electron chi connectivity index (χ1n) is 11.5. The second-order valence-electron chi connectivity index (χ2n) is 8.63. The lowest BCUT2D eigenvalue weighted by molar-refractivity contribution is -0.283. The van der Waals surface area contributed by atoms with E-state index >= 15 is 0 Å². The summed E-state index contributed by atoms with van der Waals surface area (Å²) in [6.07, 6.45) is 15.4. The van der Waals surface area contributed by atoms with Crippen LogP contribution in [0, 0.1) is 5.92 Å². The minimum absolute atomic E-state index is 0.160. The Morgan fingerprint density at radius 3 is 2.77 bits per heavy atom. The lowest BCUT2D eigenvalue weighted by atomic mass is 9.89. The van der Waals surface area contributed by atoms with Crippen molar-refractivity contribution in [3.63, 3.8) is 0 Å². The van der Waals surface area contributed by atoms with Crippen LogP contribution in [0.3, 0.4) is 0 Å². The van der Waals surface area contributed by atoms with Crippen LogP contribution in [0.4, 0.5) is 4.79 Å². The number of ether oxygens (including phenoxy) is 2. The molecule has 3 aliphatic heterocycles. The van der Waals surface area contributed by atoms with Gasteiger partial charge in [-0.2, -0.15) is 0 Å². The Morgan fingerprint density at radius 2 is 2.06 bits per heavy atom. The third-order valence-electron chi connectivity index (χ3n) is 6.34. The van der Waals surface area contributed by atoms with Crippen molar-refractivity contribution in [2.75, 3.05) is 5.75 Å². The van der Waals surface area contributed by atoms with Crippen LogP contribution in [-0.4, -0.2) is 46.1 Å². The molecule has 2 bridgehead atoms. The topological polar surface area (TPSA) is 84.9 Å². The van der Waals surface area contributed by atoms with E-state index in [1.807, 2.05) is 6.92 Å². The second kappa shape index (κ2) is 11.3. The van der Waals surface area contributed by atoms with Crippen molar-refractivity contribution in [3.8, 4) is 0 Å². The largest absolute Gasteiger partial charge is 0.459 e. The monoisotopic (exact) mass is 449 g/mol. The normalized spacial score (nSPS) is 39.1. The second-order valence-corrected chi connectivity index (χ2v) is 9.63. The Kier molecular flexibility index (Phi) is 8.81. The first-order chi connectivity index (χ1) is 14.9. The molecule has 2 N–H and O–H groups in total. The molecule has 31 heavy (non-hydrogen) atoms. The average Bonchev–Trinajstić information content (AvgIpc) is 3.18.